The molecule has 1 fully saturated rings. The molecule has 6 nitrogen and oxygen atoms in total. The van der Waals surface area contributed by atoms with Crippen LogP contribution in [0.15, 0.2) is 30.6 Å². The number of fused-ring (bicyclic) bond motifs is 1. The van der Waals surface area contributed by atoms with Gasteiger partial charge in [-0.3, -0.25) is 0 Å². The highest BCUT2D eigenvalue weighted by Gasteiger charge is 2.22. The van der Waals surface area contributed by atoms with Crippen molar-refractivity contribution in [1.29, 1.82) is 0 Å². The largest absolute Gasteiger partial charge is 0.351 e. The second kappa shape index (κ2) is 4.26. The first kappa shape index (κ1) is 11.3. The van der Waals surface area contributed by atoms with Gasteiger partial charge in [0.25, 0.3) is 0 Å². The monoisotopic (exact) mass is 266 g/mol. The van der Waals surface area contributed by atoms with Crippen LogP contribution < -0.4 is 5.32 Å². The normalized spacial score (nSPS) is 14.7. The van der Waals surface area contributed by atoms with Crippen molar-refractivity contribution in [1.82, 2.24) is 24.8 Å². The lowest BCUT2D eigenvalue weighted by Crippen LogP contribution is -2.05. The molecule has 0 bridgehead atoms. The van der Waals surface area contributed by atoms with Crippen molar-refractivity contribution in [2.24, 2.45) is 0 Å². The Balaban J connectivity index is 1.83. The molecule has 3 aromatic heterocycles. The number of aromatic nitrogens is 5. The zero-order valence-corrected chi connectivity index (χ0v) is 11.1. The number of aryl methyl sites for hydroxylation is 1. The molecule has 1 N–H and O–H groups in total. The molecular formula is C14H14N6. The molecule has 0 atom stereocenters. The van der Waals surface area contributed by atoms with E-state index in [2.05, 4.69) is 25.5 Å². The Kier molecular flexibility index (Phi) is 2.42. The fraction of sp³-hybridized carbons (Fsp3) is 0.286. The molecule has 20 heavy (non-hydrogen) atoms. The summed E-state index contributed by atoms with van der Waals surface area (Å²) in [6, 6.07) is 6.36. The second-order valence-corrected chi connectivity index (χ2v) is 5.04. The van der Waals surface area contributed by atoms with Crippen LogP contribution in [0.2, 0.25) is 0 Å². The molecule has 0 spiro atoms. The van der Waals surface area contributed by atoms with E-state index < -0.39 is 0 Å². The number of anilines is 1. The molecule has 4 rings (SSSR count). The average Bonchev–Trinajstić information content (AvgIpc) is 3.19. The maximum Gasteiger partial charge on any atom is 0.223 e. The van der Waals surface area contributed by atoms with Gasteiger partial charge in [-0.25, -0.2) is 9.97 Å². The molecule has 0 unspecified atom stereocenters. The van der Waals surface area contributed by atoms with Crippen LogP contribution in [0.3, 0.4) is 0 Å². The molecule has 6 heteroatoms. The third kappa shape index (κ3) is 1.89. The first-order chi connectivity index (χ1) is 9.81. The van der Waals surface area contributed by atoms with Crippen LogP contribution in [0.25, 0.3) is 16.8 Å². The number of hydrogen-bond donors (Lipinski definition) is 1. The lowest BCUT2D eigenvalue weighted by Gasteiger charge is -2.04. The van der Waals surface area contributed by atoms with Crippen LogP contribution in [0.4, 0.5) is 5.95 Å². The molecule has 0 amide bonds. The van der Waals surface area contributed by atoms with Gasteiger partial charge in [0.1, 0.15) is 0 Å². The number of nitrogens with one attached hydrogen (secondary N) is 1. The topological polar surface area (TPSA) is 68.0 Å². The molecule has 3 aromatic rings. The fourth-order valence-corrected chi connectivity index (χ4v) is 2.30. The van der Waals surface area contributed by atoms with Crippen molar-refractivity contribution < 1.29 is 0 Å². The first-order valence-corrected chi connectivity index (χ1v) is 6.72. The number of rotatable bonds is 3. The molecular weight excluding hydrogens is 252 g/mol. The Labute approximate surface area is 115 Å². The van der Waals surface area contributed by atoms with Crippen molar-refractivity contribution in [3.8, 4) is 11.3 Å². The Hall–Kier alpha value is -2.50. The van der Waals surface area contributed by atoms with Crippen LogP contribution in [0.1, 0.15) is 18.5 Å². The number of nitrogens with zero attached hydrogens (tertiary/aromatic N) is 5. The van der Waals surface area contributed by atoms with Crippen molar-refractivity contribution >= 4 is 11.5 Å². The van der Waals surface area contributed by atoms with E-state index in [9.17, 15) is 0 Å². The quantitative estimate of drug-likeness (QED) is 0.786. The molecule has 100 valence electrons. The van der Waals surface area contributed by atoms with Gasteiger partial charge in [0.05, 0.1) is 22.5 Å². The number of hydrogen-bond acceptors (Lipinski definition) is 5. The van der Waals surface area contributed by atoms with Crippen molar-refractivity contribution in [3.63, 3.8) is 0 Å². The van der Waals surface area contributed by atoms with Crippen LogP contribution in [-0.4, -0.2) is 30.8 Å². The molecule has 0 radical (unpaired) electrons. The summed E-state index contributed by atoms with van der Waals surface area (Å²) in [4.78, 5) is 8.88. The Morgan fingerprint density at radius 1 is 1.25 bits per heavy atom. The lowest BCUT2D eigenvalue weighted by atomic mass is 10.1. The minimum atomic E-state index is 0.539. The van der Waals surface area contributed by atoms with Crippen molar-refractivity contribution in [2.45, 2.75) is 25.8 Å². The van der Waals surface area contributed by atoms with Crippen LogP contribution in [0.5, 0.6) is 0 Å². The third-order valence-corrected chi connectivity index (χ3v) is 3.42. The van der Waals surface area contributed by atoms with E-state index in [-0.39, 0.29) is 0 Å². The van der Waals surface area contributed by atoms with Gasteiger partial charge < -0.3 is 5.32 Å². The predicted octanol–water partition coefficient (Wildman–Crippen LogP) is 2.07. The highest BCUT2D eigenvalue weighted by Crippen LogP contribution is 2.27. The van der Waals surface area contributed by atoms with E-state index >= 15 is 0 Å². The van der Waals surface area contributed by atoms with Gasteiger partial charge in [-0.2, -0.15) is 14.8 Å². The van der Waals surface area contributed by atoms with E-state index in [1.54, 1.807) is 17.0 Å². The zero-order valence-electron chi connectivity index (χ0n) is 11.1. The fourth-order valence-electron chi connectivity index (χ4n) is 2.30. The maximum atomic E-state index is 4.60. The van der Waals surface area contributed by atoms with Gasteiger partial charge in [-0.15, -0.1) is 0 Å². The van der Waals surface area contributed by atoms with E-state index in [0.717, 1.165) is 22.5 Å². The van der Waals surface area contributed by atoms with E-state index in [0.29, 0.717) is 12.0 Å². The average molecular weight is 266 g/mol. The SMILES string of the molecule is Cc1nn2ncccc2c1-c1ccnc(NC2CC2)n1. The summed E-state index contributed by atoms with van der Waals surface area (Å²) in [6.45, 7) is 1.97. The molecule has 0 aliphatic heterocycles. The zero-order chi connectivity index (χ0) is 13.5. The molecule has 1 aliphatic rings. The lowest BCUT2D eigenvalue weighted by molar-refractivity contribution is 0.787. The minimum Gasteiger partial charge on any atom is -0.351 e. The van der Waals surface area contributed by atoms with Crippen LogP contribution in [-0.2, 0) is 0 Å². The summed E-state index contributed by atoms with van der Waals surface area (Å²) in [5.41, 5.74) is 3.77. The maximum absolute atomic E-state index is 4.60. The van der Waals surface area contributed by atoms with Crippen LogP contribution >= 0.6 is 0 Å². The summed E-state index contributed by atoms with van der Waals surface area (Å²) in [5.74, 6) is 0.688. The summed E-state index contributed by atoms with van der Waals surface area (Å²) >= 11 is 0. The Morgan fingerprint density at radius 2 is 2.15 bits per heavy atom. The van der Waals surface area contributed by atoms with E-state index in [1.165, 1.54) is 12.8 Å². The van der Waals surface area contributed by atoms with Gasteiger partial charge in [-0.1, -0.05) is 0 Å². The molecule has 0 saturated heterocycles. The Bertz CT molecular complexity index is 774. The molecule has 3 heterocycles. The molecule has 1 saturated carbocycles. The predicted molar refractivity (Wildman–Crippen MR) is 75.4 cm³/mol. The van der Waals surface area contributed by atoms with Crippen LogP contribution in [0, 0.1) is 6.92 Å². The van der Waals surface area contributed by atoms with Gasteiger partial charge in [0, 0.05) is 18.4 Å². The van der Waals surface area contributed by atoms with Gasteiger partial charge in [-0.05, 0) is 38.0 Å². The van der Waals surface area contributed by atoms with Gasteiger partial charge in [0.2, 0.25) is 5.95 Å². The Morgan fingerprint density at radius 3 is 3.00 bits per heavy atom. The summed E-state index contributed by atoms with van der Waals surface area (Å²) in [5, 5.41) is 12.0. The highest BCUT2D eigenvalue weighted by molar-refractivity contribution is 5.80. The van der Waals surface area contributed by atoms with Crippen molar-refractivity contribution in [2.75, 3.05) is 5.32 Å². The van der Waals surface area contributed by atoms with E-state index in [1.807, 2.05) is 25.1 Å². The highest BCUT2D eigenvalue weighted by atomic mass is 15.4. The first-order valence-electron chi connectivity index (χ1n) is 6.72. The second-order valence-electron chi connectivity index (χ2n) is 5.04. The van der Waals surface area contributed by atoms with E-state index in [4.69, 9.17) is 0 Å². The minimum absolute atomic E-state index is 0.539. The van der Waals surface area contributed by atoms with Gasteiger partial charge in [0.15, 0.2) is 0 Å². The molecule has 0 aromatic carbocycles. The summed E-state index contributed by atoms with van der Waals surface area (Å²) in [7, 11) is 0. The van der Waals surface area contributed by atoms with Gasteiger partial charge >= 0.3 is 0 Å². The van der Waals surface area contributed by atoms with Crippen molar-refractivity contribution in [3.05, 3.63) is 36.3 Å². The smallest absolute Gasteiger partial charge is 0.223 e. The third-order valence-electron chi connectivity index (χ3n) is 3.42. The molecule has 1 aliphatic carbocycles. The summed E-state index contributed by atoms with van der Waals surface area (Å²) < 4.78 is 1.64. The summed E-state index contributed by atoms with van der Waals surface area (Å²) in [6.07, 6.45) is 5.91. The standard InChI is InChI=1S/C14H14N6/c1-9-13(12-3-2-7-16-20(12)19-9)11-6-8-15-14(18-11)17-10-4-5-10/h2-3,6-8,10H,4-5H2,1H3,(H,15,17,18).